The molecule has 0 aliphatic carbocycles. The number of ether oxygens (including phenoxy) is 1. The predicted octanol–water partition coefficient (Wildman–Crippen LogP) is 1.26. The lowest BCUT2D eigenvalue weighted by atomic mass is 10.1. The summed E-state index contributed by atoms with van der Waals surface area (Å²) in [5.41, 5.74) is 2.11. The highest BCUT2D eigenvalue weighted by Crippen LogP contribution is 2.32. The van der Waals surface area contributed by atoms with E-state index in [-0.39, 0.29) is 24.0 Å². The van der Waals surface area contributed by atoms with E-state index in [1.807, 2.05) is 4.90 Å². The molecule has 29 heavy (non-hydrogen) atoms. The van der Waals surface area contributed by atoms with E-state index in [4.69, 9.17) is 4.74 Å². The number of hydrogen-bond acceptors (Lipinski definition) is 6. The molecule has 0 unspecified atom stereocenters. The van der Waals surface area contributed by atoms with Gasteiger partial charge in [-0.25, -0.2) is 9.38 Å². The minimum atomic E-state index is -0.323. The van der Waals surface area contributed by atoms with Crippen molar-refractivity contribution in [2.75, 3.05) is 24.0 Å². The van der Waals surface area contributed by atoms with E-state index in [0.29, 0.717) is 38.6 Å². The Bertz CT molecular complexity index is 1330. The number of hydrogen-bond donors (Lipinski definition) is 1. The quantitative estimate of drug-likeness (QED) is 0.690. The minimum absolute atomic E-state index is 0.276. The van der Waals surface area contributed by atoms with Gasteiger partial charge in [-0.2, -0.15) is 0 Å². The van der Waals surface area contributed by atoms with E-state index in [1.54, 1.807) is 37.4 Å². The van der Waals surface area contributed by atoms with Crippen LogP contribution in [-0.2, 0) is 11.5 Å². The first-order valence-electron chi connectivity index (χ1n) is 8.84. The third-order valence-corrected chi connectivity index (χ3v) is 6.06. The predicted molar refractivity (Wildman–Crippen MR) is 107 cm³/mol. The molecule has 0 fully saturated rings. The van der Waals surface area contributed by atoms with Crippen LogP contribution in [0.5, 0.6) is 5.75 Å². The second kappa shape index (κ2) is 6.56. The van der Waals surface area contributed by atoms with Crippen molar-refractivity contribution in [3.63, 3.8) is 0 Å². The summed E-state index contributed by atoms with van der Waals surface area (Å²) in [5.74, 6) is -0.0394. The Kier molecular flexibility index (Phi) is 3.99. The first kappa shape index (κ1) is 17.6. The highest BCUT2D eigenvalue weighted by atomic mass is 32.1. The van der Waals surface area contributed by atoms with Crippen LogP contribution in [0.3, 0.4) is 0 Å². The normalized spacial score (nSPS) is 16.8. The molecule has 5 rings (SSSR count). The van der Waals surface area contributed by atoms with Gasteiger partial charge in [-0.05, 0) is 42.5 Å². The van der Waals surface area contributed by atoms with Crippen LogP contribution in [0.2, 0.25) is 0 Å². The van der Waals surface area contributed by atoms with Gasteiger partial charge in [0.15, 0.2) is 4.80 Å². The van der Waals surface area contributed by atoms with E-state index >= 15 is 0 Å². The summed E-state index contributed by atoms with van der Waals surface area (Å²) in [7, 11) is 1.55. The highest BCUT2D eigenvalue weighted by Gasteiger charge is 2.28. The lowest BCUT2D eigenvalue weighted by Crippen LogP contribution is -2.43. The van der Waals surface area contributed by atoms with Crippen molar-refractivity contribution < 1.29 is 13.9 Å². The topological polar surface area (TPSA) is 75.9 Å². The van der Waals surface area contributed by atoms with E-state index < -0.39 is 0 Å². The molecule has 2 aliphatic rings. The van der Waals surface area contributed by atoms with E-state index in [0.717, 1.165) is 5.69 Å². The van der Waals surface area contributed by atoms with Crippen molar-refractivity contribution in [1.82, 2.24) is 4.57 Å². The van der Waals surface area contributed by atoms with Gasteiger partial charge in [0.25, 0.3) is 11.5 Å². The largest absolute Gasteiger partial charge is 0.497 e. The van der Waals surface area contributed by atoms with Gasteiger partial charge < -0.3 is 15.0 Å². The minimum Gasteiger partial charge on any atom is -0.497 e. The number of nitrogens with zero attached hydrogens (tertiary/aromatic N) is 3. The number of benzene rings is 2. The van der Waals surface area contributed by atoms with Crippen molar-refractivity contribution in [2.24, 2.45) is 4.99 Å². The third-order valence-electron chi connectivity index (χ3n) is 4.94. The average molecular weight is 410 g/mol. The summed E-state index contributed by atoms with van der Waals surface area (Å²) in [6, 6.07) is 11.3. The van der Waals surface area contributed by atoms with Gasteiger partial charge in [-0.15, -0.1) is 0 Å². The number of anilines is 2. The fourth-order valence-electron chi connectivity index (χ4n) is 3.48. The van der Waals surface area contributed by atoms with Crippen LogP contribution < -0.4 is 29.8 Å². The van der Waals surface area contributed by atoms with Crippen molar-refractivity contribution >= 4 is 34.2 Å². The molecule has 0 atom stereocenters. The molecule has 0 saturated heterocycles. The van der Waals surface area contributed by atoms with Crippen LogP contribution in [-0.4, -0.2) is 24.3 Å². The number of aromatic nitrogens is 1. The van der Waals surface area contributed by atoms with Crippen molar-refractivity contribution in [1.29, 1.82) is 0 Å². The van der Waals surface area contributed by atoms with Crippen LogP contribution in [0.15, 0.2) is 52.3 Å². The zero-order valence-electron chi connectivity index (χ0n) is 15.3. The van der Waals surface area contributed by atoms with Crippen LogP contribution in [0.25, 0.3) is 5.57 Å². The Hall–Kier alpha value is -3.46. The third kappa shape index (κ3) is 2.82. The number of methoxy groups -OCH3 is 1. The van der Waals surface area contributed by atoms with Gasteiger partial charge >= 0.3 is 0 Å². The molecule has 1 N–H and O–H groups in total. The van der Waals surface area contributed by atoms with Gasteiger partial charge in [0.05, 0.1) is 12.7 Å². The van der Waals surface area contributed by atoms with Gasteiger partial charge in [0.2, 0.25) is 0 Å². The highest BCUT2D eigenvalue weighted by molar-refractivity contribution is 7.07. The number of thiazole rings is 1. The Morgan fingerprint density at radius 2 is 1.97 bits per heavy atom. The molecule has 2 aromatic carbocycles. The Balaban J connectivity index is 1.64. The van der Waals surface area contributed by atoms with E-state index in [9.17, 15) is 14.0 Å². The molecule has 0 spiro atoms. The molecule has 0 radical (unpaired) electrons. The molecule has 1 aromatic heterocycles. The van der Waals surface area contributed by atoms with Gasteiger partial charge in [0, 0.05) is 16.9 Å². The maximum atomic E-state index is 13.2. The standard InChI is InChI=1S/C20H15FN4O3S/c1-28-13-6-7-15-14(8-13)16(18(26)23-15)17-19(27)25-10-24(9-22-20(25)29-17)12-4-2-11(21)3-5-12/h2-8H,9-10H2,1H3,(H,23,26). The fourth-order valence-corrected chi connectivity index (χ4v) is 4.53. The molecule has 9 heteroatoms. The number of halogens is 1. The molecule has 2 aliphatic heterocycles. The summed E-state index contributed by atoms with van der Waals surface area (Å²) >= 11 is 1.20. The summed E-state index contributed by atoms with van der Waals surface area (Å²) < 4.78 is 20.3. The number of carbonyl (C=O) groups is 1. The fraction of sp³-hybridized carbons (Fsp3) is 0.150. The van der Waals surface area contributed by atoms with E-state index in [2.05, 4.69) is 10.3 Å². The second-order valence-electron chi connectivity index (χ2n) is 6.64. The summed E-state index contributed by atoms with van der Waals surface area (Å²) in [6.45, 7) is 0.622. The van der Waals surface area contributed by atoms with Crippen LogP contribution in [0, 0.1) is 5.82 Å². The molecular formula is C20H15FN4O3S. The molecule has 0 saturated carbocycles. The van der Waals surface area contributed by atoms with Crippen molar-refractivity contribution in [3.05, 3.63) is 73.5 Å². The molecule has 0 bridgehead atoms. The van der Waals surface area contributed by atoms with Gasteiger partial charge in [-0.1, -0.05) is 11.3 Å². The molecule has 146 valence electrons. The molecular weight excluding hydrogens is 395 g/mol. The SMILES string of the molecule is COc1ccc2c(c1)C(=c1sc3n(c1=O)CN(c1ccc(F)cc1)CN=3)C(=O)N2. The molecule has 3 heterocycles. The van der Waals surface area contributed by atoms with Crippen LogP contribution >= 0.6 is 11.3 Å². The Labute approximate surface area is 168 Å². The number of nitrogens with one attached hydrogen (secondary N) is 1. The molecule has 3 aromatic rings. The molecule has 7 nitrogen and oxygen atoms in total. The van der Waals surface area contributed by atoms with Gasteiger partial charge in [0.1, 0.15) is 29.4 Å². The lowest BCUT2D eigenvalue weighted by Gasteiger charge is -2.25. The zero-order chi connectivity index (χ0) is 20.1. The van der Waals surface area contributed by atoms with E-state index in [1.165, 1.54) is 28.0 Å². The van der Waals surface area contributed by atoms with Crippen molar-refractivity contribution in [3.8, 4) is 5.75 Å². The first-order valence-corrected chi connectivity index (χ1v) is 9.65. The summed E-state index contributed by atoms with van der Waals surface area (Å²) in [6.07, 6.45) is 0. The van der Waals surface area contributed by atoms with Crippen LogP contribution in [0.4, 0.5) is 15.8 Å². The second-order valence-corrected chi connectivity index (χ2v) is 7.62. The van der Waals surface area contributed by atoms with Crippen LogP contribution in [0.1, 0.15) is 5.56 Å². The number of rotatable bonds is 2. The summed E-state index contributed by atoms with van der Waals surface area (Å²) in [5, 5.41) is 2.80. The van der Waals surface area contributed by atoms with Crippen molar-refractivity contribution in [2.45, 2.75) is 6.67 Å². The zero-order valence-corrected chi connectivity index (χ0v) is 16.1. The summed E-state index contributed by atoms with van der Waals surface area (Å²) in [4.78, 5) is 32.6. The smallest absolute Gasteiger partial charge is 0.272 e. The first-order chi connectivity index (χ1) is 14.0. The monoisotopic (exact) mass is 410 g/mol. The number of fused-ring (bicyclic) bond motifs is 2. The maximum Gasteiger partial charge on any atom is 0.272 e. The maximum absolute atomic E-state index is 13.2. The number of carbonyl (C=O) groups excluding carboxylic acids is 1. The Morgan fingerprint density at radius 3 is 2.72 bits per heavy atom. The van der Waals surface area contributed by atoms with Gasteiger partial charge in [-0.3, -0.25) is 14.2 Å². The molecule has 1 amide bonds. The Morgan fingerprint density at radius 1 is 1.17 bits per heavy atom. The number of amides is 1. The average Bonchev–Trinajstić information content (AvgIpc) is 3.23. The lowest BCUT2D eigenvalue weighted by molar-refractivity contribution is -0.110.